The van der Waals surface area contributed by atoms with E-state index in [4.69, 9.17) is 17.3 Å². The summed E-state index contributed by atoms with van der Waals surface area (Å²) in [5.74, 6) is 1.71. The summed E-state index contributed by atoms with van der Waals surface area (Å²) in [6.07, 6.45) is 6.22. The molecule has 3 rings (SSSR count). The Morgan fingerprint density at radius 2 is 2.14 bits per heavy atom. The molecule has 1 N–H and O–H groups in total. The number of quaternary nitrogens is 1. The van der Waals surface area contributed by atoms with Crippen molar-refractivity contribution in [3.63, 3.8) is 0 Å². The van der Waals surface area contributed by atoms with E-state index >= 15 is 0 Å². The first-order valence-electron chi connectivity index (χ1n) is 7.53. The molecule has 6 heteroatoms. The molecule has 5 nitrogen and oxygen atoms in total. The van der Waals surface area contributed by atoms with Crippen molar-refractivity contribution < 1.29 is 4.90 Å². The van der Waals surface area contributed by atoms with E-state index in [9.17, 15) is 0 Å². The van der Waals surface area contributed by atoms with Crippen LogP contribution in [0, 0.1) is 10.7 Å². The average Bonchev–Trinajstić information content (AvgIpc) is 2.77. The van der Waals surface area contributed by atoms with Gasteiger partial charge in [0.1, 0.15) is 0 Å². The number of nitrogens with zero attached hydrogens (tertiary/aromatic N) is 4. The van der Waals surface area contributed by atoms with Crippen LogP contribution in [-0.2, 0) is 13.7 Å². The van der Waals surface area contributed by atoms with Crippen LogP contribution in [0.5, 0.6) is 0 Å². The van der Waals surface area contributed by atoms with Gasteiger partial charge in [0.25, 0.3) is 0 Å². The molecule has 1 aliphatic heterocycles. The molecule has 21 heavy (non-hydrogen) atoms. The Bertz CT molecular complexity index is 660. The fraction of sp³-hybridized carbons (Fsp3) is 0.533. The zero-order valence-corrected chi connectivity index (χ0v) is 13.4. The normalized spacial score (nSPS) is 22.4. The number of piperidine rings is 1. The summed E-state index contributed by atoms with van der Waals surface area (Å²) >= 11 is 5.55. The molecule has 0 amide bonds. The number of hydrogen-bond donors (Lipinski definition) is 1. The van der Waals surface area contributed by atoms with E-state index in [0.717, 1.165) is 28.7 Å². The quantitative estimate of drug-likeness (QED) is 0.869. The van der Waals surface area contributed by atoms with Crippen LogP contribution in [0.3, 0.4) is 0 Å². The number of likely N-dealkylation sites (tertiary alicyclic amines) is 1. The van der Waals surface area contributed by atoms with Gasteiger partial charge in [-0.05, 0) is 37.2 Å². The highest BCUT2D eigenvalue weighted by atomic mass is 32.1. The third-order valence-electron chi connectivity index (χ3n) is 4.22. The Kier molecular flexibility index (Phi) is 4.17. The molecular weight excluding hydrogens is 282 g/mol. The predicted octanol–water partition coefficient (Wildman–Crippen LogP) is 1.29. The van der Waals surface area contributed by atoms with Gasteiger partial charge < -0.3 is 9.47 Å². The van der Waals surface area contributed by atoms with Crippen molar-refractivity contribution in [2.45, 2.75) is 26.4 Å². The van der Waals surface area contributed by atoms with Crippen molar-refractivity contribution in [3.05, 3.63) is 29.3 Å². The molecule has 1 aliphatic rings. The molecule has 1 saturated heterocycles. The van der Waals surface area contributed by atoms with Gasteiger partial charge in [-0.2, -0.15) is 4.68 Å². The number of pyridine rings is 1. The van der Waals surface area contributed by atoms with Crippen molar-refractivity contribution in [1.29, 1.82) is 0 Å². The highest BCUT2D eigenvalue weighted by Crippen LogP contribution is 2.15. The minimum Gasteiger partial charge on any atom is -0.316 e. The van der Waals surface area contributed by atoms with Gasteiger partial charge in [0, 0.05) is 30.9 Å². The molecule has 0 spiro atoms. The van der Waals surface area contributed by atoms with Gasteiger partial charge in [-0.25, -0.2) is 0 Å². The van der Waals surface area contributed by atoms with Crippen LogP contribution < -0.4 is 4.90 Å². The van der Waals surface area contributed by atoms with Gasteiger partial charge in [0.05, 0.1) is 13.1 Å². The van der Waals surface area contributed by atoms with E-state index in [1.54, 1.807) is 17.3 Å². The van der Waals surface area contributed by atoms with E-state index in [1.807, 2.05) is 28.4 Å². The Labute approximate surface area is 130 Å². The van der Waals surface area contributed by atoms with Crippen LogP contribution >= 0.6 is 12.2 Å². The number of rotatable bonds is 3. The van der Waals surface area contributed by atoms with Gasteiger partial charge in [0.2, 0.25) is 4.77 Å². The summed E-state index contributed by atoms with van der Waals surface area (Å²) in [7, 11) is 1.98. The van der Waals surface area contributed by atoms with E-state index in [-0.39, 0.29) is 0 Å². The lowest BCUT2D eigenvalue weighted by Crippen LogP contribution is -3.12. The largest absolute Gasteiger partial charge is 0.316 e. The number of hydrogen-bond acceptors (Lipinski definition) is 3. The SMILES string of the molecule is C[C@H]1CCC[NH+](Cn2nc(-c3ccncc3)n(C)c2=S)C1. The Morgan fingerprint density at radius 1 is 1.38 bits per heavy atom. The topological polar surface area (TPSA) is 40.1 Å². The lowest BCUT2D eigenvalue weighted by atomic mass is 10.0. The Hall–Kier alpha value is -1.53. The zero-order chi connectivity index (χ0) is 14.8. The molecular formula is C15H22N5S+. The summed E-state index contributed by atoms with van der Waals surface area (Å²) in [4.78, 5) is 5.63. The molecule has 0 aromatic carbocycles. The van der Waals surface area contributed by atoms with E-state index in [0.29, 0.717) is 0 Å². The first-order chi connectivity index (χ1) is 10.1. The fourth-order valence-electron chi connectivity index (χ4n) is 3.10. The first-order valence-corrected chi connectivity index (χ1v) is 7.94. The summed E-state index contributed by atoms with van der Waals surface area (Å²) < 4.78 is 4.74. The zero-order valence-electron chi connectivity index (χ0n) is 12.6. The maximum atomic E-state index is 5.55. The fourth-order valence-corrected chi connectivity index (χ4v) is 3.29. The monoisotopic (exact) mass is 304 g/mol. The van der Waals surface area contributed by atoms with Gasteiger partial charge in [-0.15, -0.1) is 5.10 Å². The molecule has 3 heterocycles. The molecule has 0 saturated carbocycles. The molecule has 112 valence electrons. The molecule has 2 aromatic rings. The lowest BCUT2D eigenvalue weighted by molar-refractivity contribution is -0.931. The van der Waals surface area contributed by atoms with E-state index < -0.39 is 0 Å². The van der Waals surface area contributed by atoms with Crippen molar-refractivity contribution >= 4 is 12.2 Å². The third kappa shape index (κ3) is 3.06. The first kappa shape index (κ1) is 14.4. The van der Waals surface area contributed by atoms with Crippen molar-refractivity contribution in [2.24, 2.45) is 13.0 Å². The second-order valence-corrected chi connectivity index (χ2v) is 6.38. The predicted molar refractivity (Wildman–Crippen MR) is 84.4 cm³/mol. The van der Waals surface area contributed by atoms with Crippen LogP contribution in [0.1, 0.15) is 19.8 Å². The van der Waals surface area contributed by atoms with Gasteiger partial charge in [-0.1, -0.05) is 6.92 Å². The molecule has 2 aromatic heterocycles. The van der Waals surface area contributed by atoms with Crippen LogP contribution in [-0.4, -0.2) is 32.4 Å². The summed E-state index contributed by atoms with van der Waals surface area (Å²) in [5, 5.41) is 4.73. The van der Waals surface area contributed by atoms with Gasteiger partial charge in [-0.3, -0.25) is 4.98 Å². The van der Waals surface area contributed by atoms with Crippen molar-refractivity contribution in [3.8, 4) is 11.4 Å². The smallest absolute Gasteiger partial charge is 0.202 e. The summed E-state index contributed by atoms with van der Waals surface area (Å²) in [5.41, 5.74) is 1.05. The van der Waals surface area contributed by atoms with Gasteiger partial charge >= 0.3 is 0 Å². The second kappa shape index (κ2) is 6.07. The van der Waals surface area contributed by atoms with Crippen LogP contribution in [0.25, 0.3) is 11.4 Å². The van der Waals surface area contributed by atoms with Gasteiger partial charge in [0.15, 0.2) is 12.5 Å². The van der Waals surface area contributed by atoms with Crippen LogP contribution in [0.2, 0.25) is 0 Å². The minimum atomic E-state index is 0.785. The number of nitrogens with one attached hydrogen (secondary N) is 1. The number of aromatic nitrogens is 4. The highest BCUT2D eigenvalue weighted by Gasteiger charge is 2.21. The van der Waals surface area contributed by atoms with Crippen LogP contribution in [0.15, 0.2) is 24.5 Å². The Morgan fingerprint density at radius 3 is 2.86 bits per heavy atom. The minimum absolute atomic E-state index is 0.785. The standard InChI is InChI=1S/C15H21N5S/c1-12-4-3-9-19(10-12)11-20-15(21)18(2)14(17-20)13-5-7-16-8-6-13/h5-8,12H,3-4,9-11H2,1-2H3/p+1/t12-/m0/s1. The molecule has 1 fully saturated rings. The molecule has 0 aliphatic carbocycles. The van der Waals surface area contributed by atoms with Crippen molar-refractivity contribution in [2.75, 3.05) is 13.1 Å². The molecule has 0 bridgehead atoms. The highest BCUT2D eigenvalue weighted by molar-refractivity contribution is 7.71. The summed E-state index contributed by atoms with van der Waals surface area (Å²) in [6, 6.07) is 3.94. The molecule has 2 atom stereocenters. The molecule has 1 unspecified atom stereocenters. The molecule has 0 radical (unpaired) electrons. The Balaban J connectivity index is 1.85. The third-order valence-corrected chi connectivity index (χ3v) is 4.70. The lowest BCUT2D eigenvalue weighted by Gasteiger charge is -2.27. The van der Waals surface area contributed by atoms with E-state index in [1.165, 1.54) is 25.9 Å². The maximum Gasteiger partial charge on any atom is 0.202 e. The van der Waals surface area contributed by atoms with E-state index in [2.05, 4.69) is 11.9 Å². The second-order valence-electron chi connectivity index (χ2n) is 6.01. The van der Waals surface area contributed by atoms with Crippen LogP contribution in [0.4, 0.5) is 0 Å². The summed E-state index contributed by atoms with van der Waals surface area (Å²) in [6.45, 7) is 5.62. The maximum absolute atomic E-state index is 5.55. The average molecular weight is 304 g/mol. The van der Waals surface area contributed by atoms with Crippen molar-refractivity contribution in [1.82, 2.24) is 19.3 Å².